The predicted molar refractivity (Wildman–Crippen MR) is 105 cm³/mol. The van der Waals surface area contributed by atoms with Crippen LogP contribution in [0.15, 0.2) is 36.4 Å². The maximum absolute atomic E-state index is 14.1. The molecule has 2 heterocycles. The van der Waals surface area contributed by atoms with Crippen molar-refractivity contribution in [2.75, 3.05) is 13.1 Å². The standard InChI is InChI=1S/C19H19F4N3O5S/c20-14-9-25-8-13(14)18(32(28,29)30)17(27)11-2-1-3-12(6-11)31-16-5-10(7-24)4-15(26-16)19(21,22)23/h1-6,13-14,18,25H,7-9,24H2,(H,28,29,30)/t13-,14+,18?/m1/s1. The zero-order valence-electron chi connectivity index (χ0n) is 16.3. The van der Waals surface area contributed by atoms with E-state index >= 15 is 0 Å². The lowest BCUT2D eigenvalue weighted by Gasteiger charge is -2.21. The monoisotopic (exact) mass is 477 g/mol. The minimum absolute atomic E-state index is 0.101. The largest absolute Gasteiger partial charge is 0.439 e. The molecule has 1 aromatic heterocycles. The number of Topliss-reactive ketones (excluding diaryl/α,β-unsaturated/α-hetero) is 1. The number of rotatable bonds is 7. The molecule has 2 aromatic rings. The third-order valence-electron chi connectivity index (χ3n) is 4.88. The second-order valence-electron chi connectivity index (χ2n) is 7.17. The summed E-state index contributed by atoms with van der Waals surface area (Å²) < 4.78 is 91.8. The van der Waals surface area contributed by atoms with Gasteiger partial charge in [0.05, 0.1) is 0 Å². The second-order valence-corrected chi connectivity index (χ2v) is 8.71. The highest BCUT2D eigenvalue weighted by Crippen LogP contribution is 2.32. The van der Waals surface area contributed by atoms with Crippen LogP contribution in [0, 0.1) is 5.92 Å². The maximum Gasteiger partial charge on any atom is 0.433 e. The van der Waals surface area contributed by atoms with E-state index in [0.717, 1.165) is 12.1 Å². The number of carbonyl (C=O) groups is 1. The first-order chi connectivity index (χ1) is 14.9. The van der Waals surface area contributed by atoms with Crippen LogP contribution in [0.25, 0.3) is 0 Å². The minimum Gasteiger partial charge on any atom is -0.439 e. The molecule has 13 heteroatoms. The summed E-state index contributed by atoms with van der Waals surface area (Å²) in [5.41, 5.74) is 4.06. The molecule has 1 fully saturated rings. The number of aromatic nitrogens is 1. The van der Waals surface area contributed by atoms with Gasteiger partial charge in [-0.05, 0) is 23.8 Å². The van der Waals surface area contributed by atoms with Gasteiger partial charge in [-0.1, -0.05) is 12.1 Å². The van der Waals surface area contributed by atoms with Gasteiger partial charge in [0.15, 0.2) is 11.0 Å². The van der Waals surface area contributed by atoms with E-state index in [9.17, 15) is 35.3 Å². The van der Waals surface area contributed by atoms with Gasteiger partial charge in [0, 0.05) is 37.2 Å². The summed E-state index contributed by atoms with van der Waals surface area (Å²) in [4.78, 5) is 16.2. The Balaban J connectivity index is 1.92. The van der Waals surface area contributed by atoms with Crippen molar-refractivity contribution in [2.45, 2.75) is 24.1 Å². The highest BCUT2D eigenvalue weighted by molar-refractivity contribution is 7.87. The molecule has 0 spiro atoms. The molecule has 4 N–H and O–H groups in total. The summed E-state index contributed by atoms with van der Waals surface area (Å²) >= 11 is 0. The molecule has 174 valence electrons. The van der Waals surface area contributed by atoms with Gasteiger partial charge in [-0.25, -0.2) is 9.37 Å². The van der Waals surface area contributed by atoms with E-state index in [1.165, 1.54) is 24.3 Å². The first kappa shape index (κ1) is 24.0. The van der Waals surface area contributed by atoms with E-state index in [4.69, 9.17) is 10.5 Å². The van der Waals surface area contributed by atoms with Gasteiger partial charge in [-0.15, -0.1) is 0 Å². The molecule has 1 aromatic carbocycles. The Morgan fingerprint density at radius 2 is 2.00 bits per heavy atom. The number of hydrogen-bond acceptors (Lipinski definition) is 7. The summed E-state index contributed by atoms with van der Waals surface area (Å²) in [5.74, 6) is -2.95. The van der Waals surface area contributed by atoms with Gasteiger partial charge in [0.2, 0.25) is 5.88 Å². The van der Waals surface area contributed by atoms with Crippen molar-refractivity contribution < 1.29 is 40.1 Å². The van der Waals surface area contributed by atoms with Crippen LogP contribution in [0.4, 0.5) is 17.6 Å². The SMILES string of the molecule is NCc1cc(Oc2cccc(C(=O)C([C@@H]3CNC[C@@H]3F)S(=O)(=O)O)c2)nc(C(F)(F)F)c1. The number of carbonyl (C=O) groups excluding carboxylic acids is 1. The molecule has 1 saturated heterocycles. The molecule has 1 unspecified atom stereocenters. The number of alkyl halides is 4. The van der Waals surface area contributed by atoms with E-state index in [0.29, 0.717) is 0 Å². The van der Waals surface area contributed by atoms with E-state index in [1.807, 2.05) is 0 Å². The summed E-state index contributed by atoms with van der Waals surface area (Å²) in [5, 5.41) is 0.558. The van der Waals surface area contributed by atoms with Crippen LogP contribution in [0.5, 0.6) is 11.6 Å². The number of ketones is 1. The highest BCUT2D eigenvalue weighted by atomic mass is 32.2. The van der Waals surface area contributed by atoms with Gasteiger partial charge in [-0.3, -0.25) is 9.35 Å². The van der Waals surface area contributed by atoms with Crippen LogP contribution in [0.1, 0.15) is 21.6 Å². The van der Waals surface area contributed by atoms with Crippen LogP contribution >= 0.6 is 0 Å². The molecule has 8 nitrogen and oxygen atoms in total. The molecular weight excluding hydrogens is 458 g/mol. The summed E-state index contributed by atoms with van der Waals surface area (Å²) in [6, 6.07) is 6.84. The lowest BCUT2D eigenvalue weighted by molar-refractivity contribution is -0.141. The number of ether oxygens (including phenoxy) is 1. The zero-order chi connectivity index (χ0) is 23.7. The Hall–Kier alpha value is -2.61. The fraction of sp³-hybridized carbons (Fsp3) is 0.368. The van der Waals surface area contributed by atoms with Gasteiger partial charge in [-0.2, -0.15) is 21.6 Å². The molecule has 0 aliphatic carbocycles. The average Bonchev–Trinajstić information content (AvgIpc) is 3.11. The first-order valence-corrected chi connectivity index (χ1v) is 10.8. The molecule has 0 bridgehead atoms. The lowest BCUT2D eigenvalue weighted by atomic mass is 9.95. The Morgan fingerprint density at radius 1 is 1.28 bits per heavy atom. The normalized spacial score (nSPS) is 20.2. The van der Waals surface area contributed by atoms with Crippen molar-refractivity contribution in [3.63, 3.8) is 0 Å². The Kier molecular flexibility index (Phi) is 6.83. The van der Waals surface area contributed by atoms with Crippen molar-refractivity contribution in [3.8, 4) is 11.6 Å². The molecule has 0 saturated carbocycles. The smallest absolute Gasteiger partial charge is 0.433 e. The van der Waals surface area contributed by atoms with Crippen LogP contribution in [0.3, 0.4) is 0 Å². The molecule has 1 aliphatic heterocycles. The van der Waals surface area contributed by atoms with Gasteiger partial charge < -0.3 is 15.8 Å². The fourth-order valence-corrected chi connectivity index (χ4v) is 4.50. The van der Waals surface area contributed by atoms with E-state index in [2.05, 4.69) is 10.3 Å². The summed E-state index contributed by atoms with van der Waals surface area (Å²) in [6.07, 6.45) is -6.42. The van der Waals surface area contributed by atoms with E-state index in [1.54, 1.807) is 0 Å². The number of halogens is 4. The first-order valence-electron chi connectivity index (χ1n) is 9.31. The third kappa shape index (κ3) is 5.41. The molecule has 1 aliphatic rings. The minimum atomic E-state index is -4.95. The second kappa shape index (κ2) is 9.10. The quantitative estimate of drug-likeness (QED) is 0.315. The van der Waals surface area contributed by atoms with Crippen LogP contribution in [0.2, 0.25) is 0 Å². The fourth-order valence-electron chi connectivity index (χ4n) is 3.39. The Morgan fingerprint density at radius 3 is 2.56 bits per heavy atom. The summed E-state index contributed by atoms with van der Waals surface area (Å²) in [6.45, 7) is -0.516. The lowest BCUT2D eigenvalue weighted by Crippen LogP contribution is -2.41. The van der Waals surface area contributed by atoms with Crippen LogP contribution in [-0.4, -0.2) is 48.2 Å². The topological polar surface area (TPSA) is 132 Å². The summed E-state index contributed by atoms with van der Waals surface area (Å²) in [7, 11) is -4.95. The van der Waals surface area contributed by atoms with Gasteiger partial charge >= 0.3 is 6.18 Å². The molecule has 3 rings (SSSR count). The highest BCUT2D eigenvalue weighted by Gasteiger charge is 2.45. The molecular formula is C19H19F4N3O5S. The van der Waals surface area contributed by atoms with E-state index in [-0.39, 0.29) is 36.5 Å². The molecule has 3 atom stereocenters. The number of hydrogen-bond donors (Lipinski definition) is 3. The van der Waals surface area contributed by atoms with E-state index < -0.39 is 51.0 Å². The molecule has 32 heavy (non-hydrogen) atoms. The predicted octanol–water partition coefficient (Wildman–Crippen LogP) is 2.35. The average molecular weight is 477 g/mol. The van der Waals surface area contributed by atoms with Crippen molar-refractivity contribution >= 4 is 15.9 Å². The number of nitrogens with zero attached hydrogens (tertiary/aromatic N) is 1. The van der Waals surface area contributed by atoms with Crippen molar-refractivity contribution in [1.29, 1.82) is 0 Å². The van der Waals surface area contributed by atoms with Gasteiger partial charge in [0.1, 0.15) is 17.6 Å². The Labute approximate surface area is 180 Å². The number of pyridine rings is 1. The van der Waals surface area contributed by atoms with Crippen molar-refractivity contribution in [1.82, 2.24) is 10.3 Å². The van der Waals surface area contributed by atoms with Crippen molar-refractivity contribution in [3.05, 3.63) is 53.2 Å². The molecule has 0 amide bonds. The zero-order valence-corrected chi connectivity index (χ0v) is 17.2. The van der Waals surface area contributed by atoms with Gasteiger partial charge in [0.25, 0.3) is 10.1 Å². The molecule has 0 radical (unpaired) electrons. The maximum atomic E-state index is 14.1. The van der Waals surface area contributed by atoms with Crippen LogP contribution in [-0.2, 0) is 22.8 Å². The number of nitrogens with one attached hydrogen (secondary N) is 1. The third-order valence-corrected chi connectivity index (χ3v) is 6.09. The van der Waals surface area contributed by atoms with Crippen LogP contribution < -0.4 is 15.8 Å². The Bertz CT molecular complexity index is 1110. The number of nitrogens with two attached hydrogens (primary N) is 1. The number of benzene rings is 1. The van der Waals surface area contributed by atoms with Crippen molar-refractivity contribution in [2.24, 2.45) is 11.7 Å².